The Morgan fingerprint density at radius 3 is 2.59 bits per heavy atom. The molecular weight excluding hydrogens is 230 g/mol. The molecule has 0 saturated carbocycles. The van der Waals surface area contributed by atoms with Crippen LogP contribution in [0.15, 0.2) is 35.3 Å². The molecule has 0 radical (unpaired) electrons. The fourth-order valence-corrected chi connectivity index (χ4v) is 1.68. The average Bonchev–Trinajstić information content (AvgIpc) is 2.34. The van der Waals surface area contributed by atoms with Crippen molar-refractivity contribution in [1.29, 1.82) is 0 Å². The second-order valence-corrected chi connectivity index (χ2v) is 4.93. The van der Waals surface area contributed by atoms with E-state index in [0.29, 0.717) is 0 Å². The lowest BCUT2D eigenvalue weighted by Crippen LogP contribution is -2.37. The van der Waals surface area contributed by atoms with Gasteiger partial charge >= 0.3 is 0 Å². The molecule has 0 aliphatic carbocycles. The zero-order valence-corrected chi connectivity index (χ0v) is 11.6. The van der Waals surface area contributed by atoms with Crippen LogP contribution in [0.2, 0.25) is 0 Å². The maximum Gasteiger partial charge on any atom is 0.193 e. The number of hydrogen-bond acceptors (Lipinski definition) is 2. The van der Waals surface area contributed by atoms with Crippen LogP contribution in [0.5, 0.6) is 0 Å². The highest BCUT2D eigenvalue weighted by molar-refractivity contribution is 7.98. The van der Waals surface area contributed by atoms with Crippen LogP contribution in [0, 0.1) is 0 Å². The van der Waals surface area contributed by atoms with Gasteiger partial charge in [0.2, 0.25) is 0 Å². The number of thioether (sulfide) groups is 1. The normalized spacial score (nSPS) is 11.4. The number of guanidine groups is 1. The zero-order valence-electron chi connectivity index (χ0n) is 10.8. The molecule has 1 rings (SSSR count). The largest absolute Gasteiger partial charge is 0.355 e. The molecule has 1 aromatic rings. The topological polar surface area (TPSA) is 27.6 Å². The van der Waals surface area contributed by atoms with Crippen molar-refractivity contribution in [3.05, 3.63) is 35.9 Å². The lowest BCUT2D eigenvalue weighted by molar-refractivity contribution is 0.584. The van der Waals surface area contributed by atoms with Crippen molar-refractivity contribution < 1.29 is 0 Å². The van der Waals surface area contributed by atoms with Crippen LogP contribution in [0.1, 0.15) is 5.56 Å². The summed E-state index contributed by atoms with van der Waals surface area (Å²) in [4.78, 5) is 6.60. The van der Waals surface area contributed by atoms with E-state index in [1.54, 1.807) is 0 Å². The summed E-state index contributed by atoms with van der Waals surface area (Å²) < 4.78 is 0. The second-order valence-electron chi connectivity index (χ2n) is 3.94. The van der Waals surface area contributed by atoms with Gasteiger partial charge in [-0.1, -0.05) is 30.3 Å². The van der Waals surface area contributed by atoms with E-state index in [0.717, 1.165) is 24.8 Å². The Morgan fingerprint density at radius 1 is 1.29 bits per heavy atom. The molecule has 0 aliphatic rings. The van der Waals surface area contributed by atoms with E-state index in [-0.39, 0.29) is 0 Å². The van der Waals surface area contributed by atoms with E-state index >= 15 is 0 Å². The molecule has 0 aliphatic heterocycles. The van der Waals surface area contributed by atoms with Gasteiger partial charge in [0.05, 0.1) is 6.54 Å². The Hall–Kier alpha value is -1.16. The SMILES string of the molecule is CSCCNC(=NCc1ccccc1)N(C)C. The Morgan fingerprint density at radius 2 is 2.00 bits per heavy atom. The molecule has 17 heavy (non-hydrogen) atoms. The summed E-state index contributed by atoms with van der Waals surface area (Å²) in [5.41, 5.74) is 1.23. The minimum absolute atomic E-state index is 0.723. The Bertz CT molecular complexity index is 336. The predicted octanol–water partition coefficient (Wildman–Crippen LogP) is 2.06. The number of hydrogen-bond donors (Lipinski definition) is 1. The van der Waals surface area contributed by atoms with E-state index in [1.807, 2.05) is 49.0 Å². The summed E-state index contributed by atoms with van der Waals surface area (Å²) in [5, 5.41) is 3.35. The molecule has 0 atom stereocenters. The van der Waals surface area contributed by atoms with Gasteiger partial charge in [-0.15, -0.1) is 0 Å². The van der Waals surface area contributed by atoms with Crippen molar-refractivity contribution in [1.82, 2.24) is 10.2 Å². The summed E-state index contributed by atoms with van der Waals surface area (Å²) in [7, 11) is 4.02. The first-order chi connectivity index (χ1) is 8.24. The molecule has 1 aromatic carbocycles. The molecule has 0 bridgehead atoms. The van der Waals surface area contributed by atoms with Crippen LogP contribution < -0.4 is 5.32 Å². The highest BCUT2D eigenvalue weighted by Gasteiger charge is 2.00. The van der Waals surface area contributed by atoms with Gasteiger partial charge in [0.1, 0.15) is 0 Å². The molecule has 94 valence electrons. The second kappa shape index (κ2) is 8.01. The van der Waals surface area contributed by atoms with Gasteiger partial charge in [0.15, 0.2) is 5.96 Å². The Kier molecular flexibility index (Phi) is 6.55. The first-order valence-corrected chi connectivity index (χ1v) is 7.12. The number of nitrogens with zero attached hydrogens (tertiary/aromatic N) is 2. The van der Waals surface area contributed by atoms with Crippen LogP contribution in [0.25, 0.3) is 0 Å². The maximum atomic E-state index is 4.59. The number of aliphatic imine (C=N–C) groups is 1. The number of nitrogens with one attached hydrogen (secondary N) is 1. The Balaban J connectivity index is 2.52. The summed E-state index contributed by atoms with van der Waals surface area (Å²) in [6.07, 6.45) is 2.11. The van der Waals surface area contributed by atoms with Gasteiger partial charge in [-0.05, 0) is 11.8 Å². The highest BCUT2D eigenvalue weighted by Crippen LogP contribution is 2.00. The van der Waals surface area contributed by atoms with Gasteiger partial charge in [-0.2, -0.15) is 11.8 Å². The van der Waals surface area contributed by atoms with E-state index in [4.69, 9.17) is 0 Å². The van der Waals surface area contributed by atoms with Crippen molar-refractivity contribution in [3.8, 4) is 0 Å². The van der Waals surface area contributed by atoms with E-state index < -0.39 is 0 Å². The number of benzene rings is 1. The molecular formula is C13H21N3S. The summed E-state index contributed by atoms with van der Waals surface area (Å²) >= 11 is 1.83. The summed E-state index contributed by atoms with van der Waals surface area (Å²) in [5.74, 6) is 2.04. The molecule has 3 nitrogen and oxygen atoms in total. The van der Waals surface area contributed by atoms with Crippen LogP contribution in [-0.4, -0.2) is 43.5 Å². The summed E-state index contributed by atoms with van der Waals surface area (Å²) in [6.45, 7) is 1.67. The highest BCUT2D eigenvalue weighted by atomic mass is 32.2. The fourth-order valence-electron chi connectivity index (χ4n) is 1.37. The third-order valence-electron chi connectivity index (χ3n) is 2.27. The van der Waals surface area contributed by atoms with Crippen LogP contribution in [-0.2, 0) is 6.54 Å². The van der Waals surface area contributed by atoms with Gasteiger partial charge in [-0.3, -0.25) is 0 Å². The lowest BCUT2D eigenvalue weighted by atomic mass is 10.2. The molecule has 0 unspecified atom stereocenters. The smallest absolute Gasteiger partial charge is 0.193 e. The van der Waals surface area contributed by atoms with Crippen molar-refractivity contribution in [2.45, 2.75) is 6.54 Å². The van der Waals surface area contributed by atoms with E-state index in [2.05, 4.69) is 28.7 Å². The quantitative estimate of drug-likeness (QED) is 0.493. The first-order valence-electron chi connectivity index (χ1n) is 5.72. The van der Waals surface area contributed by atoms with Gasteiger partial charge in [0.25, 0.3) is 0 Å². The van der Waals surface area contributed by atoms with Crippen LogP contribution in [0.3, 0.4) is 0 Å². The van der Waals surface area contributed by atoms with Crippen LogP contribution in [0.4, 0.5) is 0 Å². The Labute approximate surface area is 108 Å². The lowest BCUT2D eigenvalue weighted by Gasteiger charge is -2.17. The van der Waals surface area contributed by atoms with E-state index in [9.17, 15) is 0 Å². The molecule has 0 spiro atoms. The molecule has 0 heterocycles. The number of rotatable bonds is 5. The molecule has 1 N–H and O–H groups in total. The molecule has 0 amide bonds. The minimum Gasteiger partial charge on any atom is -0.355 e. The molecule has 0 saturated heterocycles. The average molecular weight is 251 g/mol. The molecule has 0 fully saturated rings. The minimum atomic E-state index is 0.723. The van der Waals surface area contributed by atoms with Gasteiger partial charge in [0, 0.05) is 26.4 Å². The predicted molar refractivity (Wildman–Crippen MR) is 77.7 cm³/mol. The monoisotopic (exact) mass is 251 g/mol. The fraction of sp³-hybridized carbons (Fsp3) is 0.462. The van der Waals surface area contributed by atoms with Crippen LogP contribution >= 0.6 is 11.8 Å². The maximum absolute atomic E-state index is 4.59. The first kappa shape index (κ1) is 13.9. The molecule has 0 aromatic heterocycles. The van der Waals surface area contributed by atoms with Crippen molar-refractivity contribution in [3.63, 3.8) is 0 Å². The van der Waals surface area contributed by atoms with Gasteiger partial charge < -0.3 is 10.2 Å². The zero-order chi connectivity index (χ0) is 12.5. The van der Waals surface area contributed by atoms with Crippen molar-refractivity contribution >= 4 is 17.7 Å². The molecule has 4 heteroatoms. The third kappa shape index (κ3) is 5.63. The van der Waals surface area contributed by atoms with Crippen molar-refractivity contribution in [2.75, 3.05) is 32.6 Å². The van der Waals surface area contributed by atoms with Crippen molar-refractivity contribution in [2.24, 2.45) is 4.99 Å². The standard InChI is InChI=1S/C13H21N3S/c1-16(2)13(14-9-10-17-3)15-11-12-7-5-4-6-8-12/h4-8H,9-11H2,1-3H3,(H,14,15). The van der Waals surface area contributed by atoms with E-state index in [1.165, 1.54) is 5.56 Å². The van der Waals surface area contributed by atoms with Gasteiger partial charge in [-0.25, -0.2) is 4.99 Å². The summed E-state index contributed by atoms with van der Waals surface area (Å²) in [6, 6.07) is 10.3. The third-order valence-corrected chi connectivity index (χ3v) is 2.88.